The van der Waals surface area contributed by atoms with Gasteiger partial charge in [-0.05, 0) is 30.7 Å². The first-order valence-corrected chi connectivity index (χ1v) is 8.21. The number of carbonyl (C=O) groups is 2. The van der Waals surface area contributed by atoms with E-state index in [0.29, 0.717) is 30.2 Å². The Kier molecular flexibility index (Phi) is 6.53. The van der Waals surface area contributed by atoms with Crippen molar-refractivity contribution in [3.63, 3.8) is 0 Å². The van der Waals surface area contributed by atoms with Crippen molar-refractivity contribution in [2.24, 2.45) is 11.8 Å². The Labute approximate surface area is 154 Å². The molecular weight excluding hydrogens is 369 g/mol. The maximum atomic E-state index is 13.0. The van der Waals surface area contributed by atoms with Crippen LogP contribution in [0.15, 0.2) is 18.2 Å². The Bertz CT molecular complexity index is 696. The average Bonchev–Trinajstić information content (AvgIpc) is 3.03. The van der Waals surface area contributed by atoms with Crippen LogP contribution in [0.5, 0.6) is 5.75 Å². The molecule has 0 radical (unpaired) electrons. The van der Waals surface area contributed by atoms with E-state index in [1.54, 1.807) is 32.2 Å². The fourth-order valence-corrected chi connectivity index (χ4v) is 2.85. The number of hydrogen-bond acceptors (Lipinski definition) is 4. The number of methoxy groups -OCH3 is 1. The highest BCUT2D eigenvalue weighted by Crippen LogP contribution is 2.38. The first kappa shape index (κ1) is 20.8. The lowest BCUT2D eigenvalue weighted by Gasteiger charge is -2.19. The minimum Gasteiger partial charge on any atom is -0.491 e. The molecule has 2 amide bonds. The molecule has 1 aliphatic rings. The number of benzene rings is 1. The maximum absolute atomic E-state index is 13.0. The van der Waals surface area contributed by atoms with E-state index < -0.39 is 43.1 Å². The van der Waals surface area contributed by atoms with Crippen molar-refractivity contribution in [2.45, 2.75) is 13.1 Å². The highest BCUT2D eigenvalue weighted by molar-refractivity contribution is 5.91. The smallest absolute Gasteiger partial charge is 0.394 e. The molecule has 150 valence electrons. The fraction of sp³-hybridized carbons (Fsp3) is 0.529. The second kappa shape index (κ2) is 8.47. The largest absolute Gasteiger partial charge is 0.491 e. The van der Waals surface area contributed by atoms with Crippen LogP contribution in [0.3, 0.4) is 0 Å². The van der Waals surface area contributed by atoms with Gasteiger partial charge in [0.1, 0.15) is 12.4 Å². The van der Waals surface area contributed by atoms with Gasteiger partial charge in [-0.2, -0.15) is 13.2 Å². The number of nitrogens with zero attached hydrogens (tertiary/aromatic N) is 1. The van der Waals surface area contributed by atoms with Crippen molar-refractivity contribution in [3.05, 3.63) is 23.8 Å². The third-order valence-corrected chi connectivity index (χ3v) is 4.34. The molecule has 1 saturated heterocycles. The number of aryl methyl sites for hydroxylation is 1. The third-order valence-electron chi connectivity index (χ3n) is 4.34. The van der Waals surface area contributed by atoms with Gasteiger partial charge in [-0.15, -0.1) is 0 Å². The molecule has 1 aromatic carbocycles. The lowest BCUT2D eigenvalue weighted by molar-refractivity contribution is -0.187. The molecule has 1 aromatic rings. The Morgan fingerprint density at radius 3 is 2.52 bits per heavy atom. The van der Waals surface area contributed by atoms with Gasteiger partial charge in [-0.3, -0.25) is 4.79 Å². The van der Waals surface area contributed by atoms with E-state index in [-0.39, 0.29) is 0 Å². The molecule has 0 unspecified atom stereocenters. The van der Waals surface area contributed by atoms with Crippen LogP contribution in [0, 0.1) is 18.8 Å². The molecule has 0 saturated carbocycles. The predicted molar refractivity (Wildman–Crippen MR) is 89.8 cm³/mol. The monoisotopic (exact) mass is 390 g/mol. The van der Waals surface area contributed by atoms with E-state index >= 15 is 0 Å². The SMILES string of the molecule is COCCOc1ccc(NC(=O)N2C[C@@H](C(F)(F)F)[C@H](C(=O)O)C2)c(C)c1. The summed E-state index contributed by atoms with van der Waals surface area (Å²) in [7, 11) is 1.55. The van der Waals surface area contributed by atoms with E-state index in [2.05, 4.69) is 5.32 Å². The predicted octanol–water partition coefficient (Wildman–Crippen LogP) is 2.75. The third kappa shape index (κ3) is 5.25. The van der Waals surface area contributed by atoms with Gasteiger partial charge in [0, 0.05) is 25.9 Å². The highest BCUT2D eigenvalue weighted by Gasteiger charge is 2.53. The lowest BCUT2D eigenvalue weighted by Crippen LogP contribution is -2.35. The minimum atomic E-state index is -4.69. The zero-order valence-electron chi connectivity index (χ0n) is 14.9. The van der Waals surface area contributed by atoms with Crippen LogP contribution in [-0.2, 0) is 9.53 Å². The average molecular weight is 390 g/mol. The zero-order chi connectivity index (χ0) is 20.2. The fourth-order valence-electron chi connectivity index (χ4n) is 2.85. The zero-order valence-corrected chi connectivity index (χ0v) is 14.9. The van der Waals surface area contributed by atoms with Crippen LogP contribution in [0.2, 0.25) is 0 Å². The molecule has 7 nitrogen and oxygen atoms in total. The van der Waals surface area contributed by atoms with Crippen LogP contribution in [0.4, 0.5) is 23.7 Å². The van der Waals surface area contributed by atoms with Crippen LogP contribution >= 0.6 is 0 Å². The van der Waals surface area contributed by atoms with E-state index in [9.17, 15) is 22.8 Å². The van der Waals surface area contributed by atoms with Gasteiger partial charge in [-0.1, -0.05) is 0 Å². The summed E-state index contributed by atoms with van der Waals surface area (Å²) in [5, 5.41) is 11.5. The molecule has 2 N–H and O–H groups in total. The van der Waals surface area contributed by atoms with E-state index in [1.807, 2.05) is 0 Å². The summed E-state index contributed by atoms with van der Waals surface area (Å²) in [5.74, 6) is -4.76. The van der Waals surface area contributed by atoms with Crippen molar-refractivity contribution in [1.82, 2.24) is 4.90 Å². The number of carboxylic acid groups (broad SMARTS) is 1. The molecule has 1 heterocycles. The number of carboxylic acids is 1. The summed E-state index contributed by atoms with van der Waals surface area (Å²) in [6.07, 6.45) is -4.69. The van der Waals surface area contributed by atoms with Gasteiger partial charge in [0.15, 0.2) is 0 Å². The van der Waals surface area contributed by atoms with Gasteiger partial charge in [-0.25, -0.2) is 4.79 Å². The Balaban J connectivity index is 2.03. The number of rotatable bonds is 6. The molecular formula is C17H21F3N2O5. The summed E-state index contributed by atoms with van der Waals surface area (Å²) in [5.41, 5.74) is 1.06. The van der Waals surface area contributed by atoms with E-state index in [1.165, 1.54) is 0 Å². The first-order valence-electron chi connectivity index (χ1n) is 8.21. The Morgan fingerprint density at radius 2 is 2.00 bits per heavy atom. The van der Waals surface area contributed by atoms with Crippen LogP contribution < -0.4 is 10.1 Å². The molecule has 1 aliphatic heterocycles. The number of ether oxygens (including phenoxy) is 2. The normalized spacial score (nSPS) is 19.8. The maximum Gasteiger partial charge on any atom is 0.394 e. The molecule has 0 aromatic heterocycles. The summed E-state index contributed by atoms with van der Waals surface area (Å²) in [6, 6.07) is 4.08. The number of alkyl halides is 3. The number of carbonyl (C=O) groups excluding carboxylic acids is 1. The quantitative estimate of drug-likeness (QED) is 0.730. The van der Waals surface area contributed by atoms with Crippen molar-refractivity contribution in [3.8, 4) is 5.75 Å². The van der Waals surface area contributed by atoms with Gasteiger partial charge in [0.05, 0.1) is 18.4 Å². The highest BCUT2D eigenvalue weighted by atomic mass is 19.4. The number of aliphatic carboxylic acids is 1. The summed E-state index contributed by atoms with van der Waals surface area (Å²) in [4.78, 5) is 24.3. The molecule has 0 spiro atoms. The van der Waals surface area contributed by atoms with Crippen LogP contribution in [-0.4, -0.2) is 61.6 Å². The lowest BCUT2D eigenvalue weighted by atomic mass is 9.96. The number of nitrogens with one attached hydrogen (secondary N) is 1. The number of anilines is 1. The van der Waals surface area contributed by atoms with Crippen molar-refractivity contribution >= 4 is 17.7 Å². The van der Waals surface area contributed by atoms with Crippen LogP contribution in [0.1, 0.15) is 5.56 Å². The molecule has 2 rings (SSSR count). The van der Waals surface area contributed by atoms with E-state index in [4.69, 9.17) is 14.6 Å². The molecule has 0 bridgehead atoms. The molecule has 27 heavy (non-hydrogen) atoms. The first-order chi connectivity index (χ1) is 12.6. The standard InChI is InChI=1S/C17H21F3N2O5/c1-10-7-11(27-6-5-26-2)3-4-14(10)21-16(25)22-8-12(15(23)24)13(9-22)17(18,19)20/h3-4,7,12-13H,5-6,8-9H2,1-2H3,(H,21,25)(H,23,24)/t12-,13-/m1/s1. The number of likely N-dealkylation sites (tertiary alicyclic amines) is 1. The Morgan fingerprint density at radius 1 is 1.30 bits per heavy atom. The molecule has 1 fully saturated rings. The molecule has 10 heteroatoms. The minimum absolute atomic E-state index is 0.352. The van der Waals surface area contributed by atoms with Gasteiger partial charge in [0.25, 0.3) is 0 Å². The van der Waals surface area contributed by atoms with Crippen molar-refractivity contribution in [1.29, 1.82) is 0 Å². The number of hydrogen-bond donors (Lipinski definition) is 2. The summed E-state index contributed by atoms with van der Waals surface area (Å²) < 4.78 is 49.4. The Hall–Kier alpha value is -2.49. The number of urea groups is 1. The van der Waals surface area contributed by atoms with E-state index in [0.717, 1.165) is 4.90 Å². The van der Waals surface area contributed by atoms with Crippen molar-refractivity contribution in [2.75, 3.05) is 38.7 Å². The summed E-state index contributed by atoms with van der Waals surface area (Å²) >= 11 is 0. The summed E-state index contributed by atoms with van der Waals surface area (Å²) in [6.45, 7) is 1.29. The molecule has 2 atom stereocenters. The van der Waals surface area contributed by atoms with Gasteiger partial charge < -0.3 is 24.8 Å². The number of amides is 2. The molecule has 0 aliphatic carbocycles. The van der Waals surface area contributed by atoms with Crippen LogP contribution in [0.25, 0.3) is 0 Å². The topological polar surface area (TPSA) is 88.1 Å². The number of halogens is 3. The van der Waals surface area contributed by atoms with Gasteiger partial charge >= 0.3 is 18.2 Å². The second-order valence-electron chi connectivity index (χ2n) is 6.25. The van der Waals surface area contributed by atoms with Gasteiger partial charge in [0.2, 0.25) is 0 Å². The second-order valence-corrected chi connectivity index (χ2v) is 6.25. The van der Waals surface area contributed by atoms with Crippen molar-refractivity contribution < 1.29 is 37.3 Å².